The van der Waals surface area contributed by atoms with E-state index in [1.54, 1.807) is 38.6 Å². The molecule has 0 bridgehead atoms. The molecule has 0 atom stereocenters. The molecule has 0 aliphatic rings. The average Bonchev–Trinajstić information content (AvgIpc) is 2.90. The minimum Gasteiger partial charge on any atom is -0.442 e. The third-order valence-corrected chi connectivity index (χ3v) is 4.10. The number of pyridine rings is 1. The Labute approximate surface area is 172 Å². The molecule has 2 aromatic rings. The summed E-state index contributed by atoms with van der Waals surface area (Å²) in [7, 11) is 1.83. The van der Waals surface area contributed by atoms with Crippen LogP contribution in [-0.4, -0.2) is 39.2 Å². The highest BCUT2D eigenvalue weighted by molar-refractivity contribution is 14.1. The van der Waals surface area contributed by atoms with Gasteiger partial charge in [-0.2, -0.15) is 14.8 Å². The lowest BCUT2D eigenvalue weighted by Crippen LogP contribution is -2.22. The molecule has 1 amide bonds. The van der Waals surface area contributed by atoms with Gasteiger partial charge in [0, 0.05) is 7.05 Å². The minimum atomic E-state index is -0.649. The van der Waals surface area contributed by atoms with Crippen LogP contribution in [0.4, 0.5) is 16.3 Å². The van der Waals surface area contributed by atoms with Crippen LogP contribution in [0.2, 0.25) is 0 Å². The smallest absolute Gasteiger partial charge is 0.434 e. The second-order valence-corrected chi connectivity index (χ2v) is 7.63. The number of rotatable bonds is 5. The number of ether oxygens (including phenoxy) is 1. The molecule has 0 unspecified atom stereocenters. The fourth-order valence-corrected chi connectivity index (χ4v) is 3.11. The molecule has 2 N–H and O–H groups in total. The summed E-state index contributed by atoms with van der Waals surface area (Å²) in [6.45, 7) is 10.8. The molecule has 144 valence electrons. The van der Waals surface area contributed by atoms with E-state index in [0.717, 1.165) is 5.69 Å². The van der Waals surface area contributed by atoms with Crippen molar-refractivity contribution in [2.75, 3.05) is 17.7 Å². The second kappa shape index (κ2) is 8.51. The SMILES string of the molecule is C=CNc1c(/C(C)=N/C(=O)OC(C)(C)C)c(I)nn1-c1ccc(NC)cn1. The van der Waals surface area contributed by atoms with Crippen molar-refractivity contribution in [1.29, 1.82) is 0 Å². The molecule has 0 aromatic carbocycles. The van der Waals surface area contributed by atoms with Crippen LogP contribution in [0, 0.1) is 3.70 Å². The lowest BCUT2D eigenvalue weighted by Gasteiger charge is -2.17. The zero-order valence-corrected chi connectivity index (χ0v) is 18.2. The molecule has 9 heteroatoms. The molecule has 0 saturated heterocycles. The van der Waals surface area contributed by atoms with Gasteiger partial charge in [0.25, 0.3) is 0 Å². The van der Waals surface area contributed by atoms with E-state index in [1.165, 1.54) is 6.20 Å². The van der Waals surface area contributed by atoms with Crippen molar-refractivity contribution in [3.63, 3.8) is 0 Å². The molecule has 0 spiro atoms. The van der Waals surface area contributed by atoms with Crippen molar-refractivity contribution in [1.82, 2.24) is 14.8 Å². The van der Waals surface area contributed by atoms with Gasteiger partial charge < -0.3 is 15.4 Å². The van der Waals surface area contributed by atoms with Gasteiger partial charge >= 0.3 is 6.09 Å². The fraction of sp³-hybridized carbons (Fsp3) is 0.333. The van der Waals surface area contributed by atoms with Crippen LogP contribution >= 0.6 is 22.6 Å². The maximum atomic E-state index is 12.1. The molecule has 2 aromatic heterocycles. The first-order valence-corrected chi connectivity index (χ1v) is 9.33. The Balaban J connectivity index is 2.48. The van der Waals surface area contributed by atoms with Crippen molar-refractivity contribution in [2.45, 2.75) is 33.3 Å². The Bertz CT molecular complexity index is 865. The van der Waals surface area contributed by atoms with E-state index in [2.05, 4.69) is 54.9 Å². The van der Waals surface area contributed by atoms with Crippen LogP contribution in [0.3, 0.4) is 0 Å². The zero-order chi connectivity index (χ0) is 20.2. The number of aromatic nitrogens is 3. The van der Waals surface area contributed by atoms with Crippen LogP contribution in [-0.2, 0) is 4.74 Å². The third kappa shape index (κ3) is 5.28. The molecule has 27 heavy (non-hydrogen) atoms. The van der Waals surface area contributed by atoms with Crippen molar-refractivity contribution >= 4 is 45.9 Å². The first-order valence-electron chi connectivity index (χ1n) is 8.25. The van der Waals surface area contributed by atoms with Crippen LogP contribution in [0.1, 0.15) is 33.3 Å². The first-order chi connectivity index (χ1) is 12.7. The van der Waals surface area contributed by atoms with Gasteiger partial charge in [-0.05, 0) is 68.6 Å². The minimum absolute atomic E-state index is 0.482. The number of carbonyl (C=O) groups is 1. The summed E-state index contributed by atoms with van der Waals surface area (Å²) in [5.41, 5.74) is 1.44. The number of carbonyl (C=O) groups excluding carboxylic acids is 1. The van der Waals surface area contributed by atoms with Gasteiger partial charge in [-0.3, -0.25) is 0 Å². The van der Waals surface area contributed by atoms with Crippen molar-refractivity contribution in [3.05, 3.63) is 40.4 Å². The molecular weight excluding hydrogens is 459 g/mol. The van der Waals surface area contributed by atoms with E-state index in [9.17, 15) is 4.79 Å². The van der Waals surface area contributed by atoms with Gasteiger partial charge in [0.1, 0.15) is 15.1 Å². The number of anilines is 2. The summed E-state index contributed by atoms with van der Waals surface area (Å²) in [6.07, 6.45) is 2.60. The molecule has 0 fully saturated rings. The van der Waals surface area contributed by atoms with Gasteiger partial charge in [-0.1, -0.05) is 6.58 Å². The first kappa shape index (κ1) is 20.9. The Morgan fingerprint density at radius 1 is 1.41 bits per heavy atom. The Kier molecular flexibility index (Phi) is 6.58. The average molecular weight is 482 g/mol. The number of nitrogens with zero attached hydrogens (tertiary/aromatic N) is 4. The van der Waals surface area contributed by atoms with Crippen LogP contribution in [0.15, 0.2) is 36.1 Å². The number of aliphatic imine (C=N–C) groups is 1. The van der Waals surface area contributed by atoms with Crippen LogP contribution in [0.5, 0.6) is 0 Å². The van der Waals surface area contributed by atoms with Crippen molar-refractivity contribution in [3.8, 4) is 5.82 Å². The summed E-state index contributed by atoms with van der Waals surface area (Å²) in [5, 5.41) is 10.6. The molecule has 8 nitrogen and oxygen atoms in total. The van der Waals surface area contributed by atoms with Crippen LogP contribution < -0.4 is 10.6 Å². The van der Waals surface area contributed by atoms with Gasteiger partial charge in [0.05, 0.1) is 23.2 Å². The number of amides is 1. The van der Waals surface area contributed by atoms with E-state index in [4.69, 9.17) is 4.74 Å². The predicted molar refractivity (Wildman–Crippen MR) is 116 cm³/mol. The molecule has 2 rings (SSSR count). The van der Waals surface area contributed by atoms with E-state index < -0.39 is 11.7 Å². The molecule has 0 aliphatic carbocycles. The lowest BCUT2D eigenvalue weighted by molar-refractivity contribution is 0.0604. The Morgan fingerprint density at radius 3 is 2.63 bits per heavy atom. The van der Waals surface area contributed by atoms with Gasteiger partial charge in [-0.15, -0.1) is 0 Å². The number of nitrogens with one attached hydrogen (secondary N) is 2. The van der Waals surface area contributed by atoms with E-state index in [-0.39, 0.29) is 0 Å². The van der Waals surface area contributed by atoms with Gasteiger partial charge in [0.15, 0.2) is 5.82 Å². The molecule has 0 aliphatic heterocycles. The maximum Gasteiger partial charge on any atom is 0.434 e. The van der Waals surface area contributed by atoms with Gasteiger partial charge in [0.2, 0.25) is 0 Å². The molecular formula is C18H23IN6O2. The van der Waals surface area contributed by atoms with Gasteiger partial charge in [-0.25, -0.2) is 9.78 Å². The molecule has 0 radical (unpaired) electrons. The van der Waals surface area contributed by atoms with E-state index in [0.29, 0.717) is 26.6 Å². The highest BCUT2D eigenvalue weighted by Crippen LogP contribution is 2.26. The topological polar surface area (TPSA) is 93.4 Å². The fourth-order valence-electron chi connectivity index (χ4n) is 2.24. The second-order valence-electron chi connectivity index (χ2n) is 6.61. The zero-order valence-electron chi connectivity index (χ0n) is 16.0. The molecule has 0 saturated carbocycles. The largest absolute Gasteiger partial charge is 0.442 e. The normalized spacial score (nSPS) is 11.9. The van der Waals surface area contributed by atoms with E-state index in [1.807, 2.05) is 19.2 Å². The third-order valence-electron chi connectivity index (χ3n) is 3.35. The highest BCUT2D eigenvalue weighted by atomic mass is 127. The van der Waals surface area contributed by atoms with Crippen molar-refractivity contribution in [2.24, 2.45) is 4.99 Å². The highest BCUT2D eigenvalue weighted by Gasteiger charge is 2.22. The lowest BCUT2D eigenvalue weighted by atomic mass is 10.2. The summed E-state index contributed by atoms with van der Waals surface area (Å²) in [6, 6.07) is 3.74. The summed E-state index contributed by atoms with van der Waals surface area (Å²) in [5.74, 6) is 1.23. The van der Waals surface area contributed by atoms with Crippen LogP contribution in [0.25, 0.3) is 5.82 Å². The monoisotopic (exact) mass is 482 g/mol. The Morgan fingerprint density at radius 2 is 2.11 bits per heavy atom. The summed E-state index contributed by atoms with van der Waals surface area (Å²) in [4.78, 5) is 20.5. The number of halogens is 1. The Hall–Kier alpha value is -2.43. The number of hydrogen-bond acceptors (Lipinski definition) is 6. The predicted octanol–water partition coefficient (Wildman–Crippen LogP) is 4.21. The summed E-state index contributed by atoms with van der Waals surface area (Å²) < 4.78 is 7.58. The quantitative estimate of drug-likeness (QED) is 0.490. The van der Waals surface area contributed by atoms with Crippen molar-refractivity contribution < 1.29 is 9.53 Å². The van der Waals surface area contributed by atoms with E-state index >= 15 is 0 Å². The molecule has 2 heterocycles. The number of hydrogen-bond donors (Lipinski definition) is 2. The summed E-state index contributed by atoms with van der Waals surface area (Å²) >= 11 is 2.10. The maximum absolute atomic E-state index is 12.1. The standard InChI is InChI=1S/C18H23IN6O2/c1-7-21-16-14(11(2)23-17(26)27-18(3,4)5)15(19)24-25(16)13-9-8-12(20-6)10-22-13/h7-10,20-21H,1H2,2-6H3/b23-11+.